The topological polar surface area (TPSA) is 83.0 Å². The van der Waals surface area contributed by atoms with Gasteiger partial charge in [-0.15, -0.1) is 0 Å². The summed E-state index contributed by atoms with van der Waals surface area (Å²) >= 11 is 0. The number of sulfonamides is 1. The minimum atomic E-state index is -3.11. The van der Waals surface area contributed by atoms with Gasteiger partial charge in [0.05, 0.1) is 5.75 Å². The van der Waals surface area contributed by atoms with Crippen LogP contribution < -0.4 is 15.4 Å². The normalized spacial score (nSPS) is 16.2. The highest BCUT2D eigenvalue weighted by Crippen LogP contribution is 2.25. The summed E-state index contributed by atoms with van der Waals surface area (Å²) in [4.78, 5) is 4.33. The van der Waals surface area contributed by atoms with Crippen LogP contribution in [0.2, 0.25) is 0 Å². The molecule has 0 radical (unpaired) electrons. The summed E-state index contributed by atoms with van der Waals surface area (Å²) in [5.41, 5.74) is 2.21. The molecule has 1 saturated heterocycles. The predicted octanol–water partition coefficient (Wildman–Crippen LogP) is 3.27. The SMILES string of the molecule is CCS(=O)(=O)N1CCC(NC(=NC)NCc2ccccc2Oc2ccc(C)cc2)CC1. The lowest BCUT2D eigenvalue weighted by molar-refractivity contribution is 0.306. The molecule has 0 bridgehead atoms. The van der Waals surface area contributed by atoms with E-state index in [0.29, 0.717) is 25.6 Å². The van der Waals surface area contributed by atoms with Gasteiger partial charge in [0.1, 0.15) is 11.5 Å². The van der Waals surface area contributed by atoms with Gasteiger partial charge in [-0.3, -0.25) is 4.99 Å². The number of hydrogen-bond acceptors (Lipinski definition) is 4. The fraction of sp³-hybridized carbons (Fsp3) is 0.435. The van der Waals surface area contributed by atoms with Crippen molar-refractivity contribution in [1.82, 2.24) is 14.9 Å². The van der Waals surface area contributed by atoms with Crippen LogP contribution in [0.1, 0.15) is 30.9 Å². The quantitative estimate of drug-likeness (QED) is 0.506. The number of benzene rings is 2. The molecular formula is C23H32N4O3S. The monoisotopic (exact) mass is 444 g/mol. The molecule has 2 aromatic carbocycles. The maximum Gasteiger partial charge on any atom is 0.213 e. The van der Waals surface area contributed by atoms with Gasteiger partial charge >= 0.3 is 0 Å². The highest BCUT2D eigenvalue weighted by molar-refractivity contribution is 7.89. The van der Waals surface area contributed by atoms with Crippen molar-refractivity contribution in [2.45, 2.75) is 39.3 Å². The molecule has 31 heavy (non-hydrogen) atoms. The first-order valence-corrected chi connectivity index (χ1v) is 12.3. The molecule has 1 aliphatic rings. The smallest absolute Gasteiger partial charge is 0.213 e. The molecule has 3 rings (SSSR count). The van der Waals surface area contributed by atoms with Gasteiger partial charge < -0.3 is 15.4 Å². The Morgan fingerprint density at radius 3 is 2.45 bits per heavy atom. The second-order valence-corrected chi connectivity index (χ2v) is 9.92. The number of piperidine rings is 1. The van der Waals surface area contributed by atoms with Gasteiger partial charge in [-0.1, -0.05) is 35.9 Å². The van der Waals surface area contributed by atoms with E-state index in [0.717, 1.165) is 29.9 Å². The number of para-hydroxylation sites is 1. The molecular weight excluding hydrogens is 412 g/mol. The van der Waals surface area contributed by atoms with Gasteiger partial charge in [-0.25, -0.2) is 12.7 Å². The number of guanidine groups is 1. The summed E-state index contributed by atoms with van der Waals surface area (Å²) in [5.74, 6) is 2.45. The zero-order chi connectivity index (χ0) is 22.3. The van der Waals surface area contributed by atoms with Crippen molar-refractivity contribution in [2.24, 2.45) is 4.99 Å². The van der Waals surface area contributed by atoms with E-state index in [1.54, 1.807) is 18.3 Å². The Kier molecular flexibility index (Phi) is 7.92. The second kappa shape index (κ2) is 10.6. The molecule has 1 aliphatic heterocycles. The molecule has 2 aromatic rings. The maximum absolute atomic E-state index is 12.0. The van der Waals surface area contributed by atoms with Crippen LogP contribution in [0.3, 0.4) is 0 Å². The van der Waals surface area contributed by atoms with Gasteiger partial charge in [-0.2, -0.15) is 0 Å². The van der Waals surface area contributed by atoms with Crippen molar-refractivity contribution < 1.29 is 13.2 Å². The standard InChI is InChI=1S/C23H32N4O3S/c1-4-31(28,29)27-15-13-20(14-16-27)26-23(24-3)25-17-19-7-5-6-8-22(19)30-21-11-9-18(2)10-12-21/h5-12,20H,4,13-17H2,1-3H3,(H2,24,25,26). The van der Waals surface area contributed by atoms with Crippen molar-refractivity contribution in [2.75, 3.05) is 25.9 Å². The van der Waals surface area contributed by atoms with Crippen molar-refractivity contribution in [3.8, 4) is 11.5 Å². The molecule has 1 fully saturated rings. The Balaban J connectivity index is 1.55. The van der Waals surface area contributed by atoms with E-state index in [2.05, 4.69) is 15.6 Å². The van der Waals surface area contributed by atoms with Crippen LogP contribution in [0.5, 0.6) is 11.5 Å². The lowest BCUT2D eigenvalue weighted by Crippen LogP contribution is -2.49. The molecule has 0 unspecified atom stereocenters. The Morgan fingerprint density at radius 1 is 1.13 bits per heavy atom. The van der Waals surface area contributed by atoms with Gasteiger partial charge in [0.15, 0.2) is 5.96 Å². The van der Waals surface area contributed by atoms with E-state index < -0.39 is 10.0 Å². The number of rotatable bonds is 7. The van der Waals surface area contributed by atoms with E-state index in [-0.39, 0.29) is 11.8 Å². The largest absolute Gasteiger partial charge is 0.457 e. The first kappa shape index (κ1) is 23.1. The van der Waals surface area contributed by atoms with E-state index in [9.17, 15) is 8.42 Å². The summed E-state index contributed by atoms with van der Waals surface area (Å²) in [6, 6.07) is 16.1. The first-order chi connectivity index (χ1) is 14.9. The van der Waals surface area contributed by atoms with Crippen LogP contribution in [-0.2, 0) is 16.6 Å². The third-order valence-corrected chi connectivity index (χ3v) is 7.33. The highest BCUT2D eigenvalue weighted by Gasteiger charge is 2.27. The Hall–Kier alpha value is -2.58. The number of hydrogen-bond donors (Lipinski definition) is 2. The van der Waals surface area contributed by atoms with Crippen molar-refractivity contribution in [1.29, 1.82) is 0 Å². The summed E-state index contributed by atoms with van der Waals surface area (Å²) in [6.45, 7) is 5.37. The van der Waals surface area contributed by atoms with Gasteiger partial charge in [-0.05, 0) is 44.9 Å². The van der Waals surface area contributed by atoms with Crippen molar-refractivity contribution in [3.05, 3.63) is 59.7 Å². The Labute approximate surface area is 185 Å². The summed E-state index contributed by atoms with van der Waals surface area (Å²) in [5, 5.41) is 6.77. The van der Waals surface area contributed by atoms with Gasteiger partial charge in [0.2, 0.25) is 10.0 Å². The van der Waals surface area contributed by atoms with Gasteiger partial charge in [0.25, 0.3) is 0 Å². The number of aryl methyl sites for hydroxylation is 1. The lowest BCUT2D eigenvalue weighted by Gasteiger charge is -2.32. The highest BCUT2D eigenvalue weighted by atomic mass is 32.2. The molecule has 0 atom stereocenters. The van der Waals surface area contributed by atoms with Crippen molar-refractivity contribution in [3.63, 3.8) is 0 Å². The molecule has 0 amide bonds. The van der Waals surface area contributed by atoms with Crippen LogP contribution in [0.4, 0.5) is 0 Å². The molecule has 0 aliphatic carbocycles. The molecule has 0 aromatic heterocycles. The van der Waals surface area contributed by atoms with E-state index in [1.165, 1.54) is 5.56 Å². The van der Waals surface area contributed by atoms with Crippen LogP contribution in [0.15, 0.2) is 53.5 Å². The van der Waals surface area contributed by atoms with Gasteiger partial charge in [0, 0.05) is 38.3 Å². The minimum Gasteiger partial charge on any atom is -0.457 e. The number of aliphatic imine (C=N–C) groups is 1. The summed E-state index contributed by atoms with van der Waals surface area (Å²) < 4.78 is 31.7. The van der Waals surface area contributed by atoms with E-state index in [1.807, 2.05) is 55.5 Å². The summed E-state index contributed by atoms with van der Waals surface area (Å²) in [6.07, 6.45) is 1.51. The molecule has 8 heteroatoms. The number of nitrogens with zero attached hydrogens (tertiary/aromatic N) is 2. The molecule has 0 saturated carbocycles. The van der Waals surface area contributed by atoms with E-state index in [4.69, 9.17) is 4.74 Å². The average Bonchev–Trinajstić information content (AvgIpc) is 2.79. The van der Waals surface area contributed by atoms with Crippen LogP contribution in [0.25, 0.3) is 0 Å². The molecule has 168 valence electrons. The fourth-order valence-electron chi connectivity index (χ4n) is 3.51. The molecule has 2 N–H and O–H groups in total. The average molecular weight is 445 g/mol. The molecule has 0 spiro atoms. The molecule has 1 heterocycles. The number of nitrogens with one attached hydrogen (secondary N) is 2. The lowest BCUT2D eigenvalue weighted by atomic mass is 10.1. The van der Waals surface area contributed by atoms with Crippen LogP contribution in [-0.4, -0.2) is 50.6 Å². The predicted molar refractivity (Wildman–Crippen MR) is 125 cm³/mol. The van der Waals surface area contributed by atoms with E-state index >= 15 is 0 Å². The zero-order valence-electron chi connectivity index (χ0n) is 18.5. The Morgan fingerprint density at radius 2 is 1.81 bits per heavy atom. The summed E-state index contributed by atoms with van der Waals surface area (Å²) in [7, 11) is -1.38. The molecule has 7 nitrogen and oxygen atoms in total. The maximum atomic E-state index is 12.0. The van der Waals surface area contributed by atoms with Crippen LogP contribution >= 0.6 is 0 Å². The minimum absolute atomic E-state index is 0.151. The van der Waals surface area contributed by atoms with Crippen molar-refractivity contribution >= 4 is 16.0 Å². The van der Waals surface area contributed by atoms with Crippen LogP contribution in [0, 0.1) is 6.92 Å². The fourth-order valence-corrected chi connectivity index (χ4v) is 4.64. The zero-order valence-corrected chi connectivity index (χ0v) is 19.3. The first-order valence-electron chi connectivity index (χ1n) is 10.7. The third kappa shape index (κ3) is 6.45. The third-order valence-electron chi connectivity index (χ3n) is 5.44. The Bertz CT molecular complexity index is 982. The number of ether oxygens (including phenoxy) is 1. The second-order valence-electron chi connectivity index (χ2n) is 7.67.